The summed E-state index contributed by atoms with van der Waals surface area (Å²) in [5, 5.41) is 11.7. The fourth-order valence-electron chi connectivity index (χ4n) is 3.28. The zero-order valence-electron chi connectivity index (χ0n) is 15.3. The lowest BCUT2D eigenvalue weighted by Crippen LogP contribution is -2.02. The molecule has 0 radical (unpaired) electrons. The van der Waals surface area contributed by atoms with Gasteiger partial charge in [-0.3, -0.25) is 9.78 Å². The van der Waals surface area contributed by atoms with Crippen LogP contribution in [0.1, 0.15) is 11.3 Å². The number of hydrogen-bond acceptors (Lipinski definition) is 4. The number of nitrogens with one attached hydrogen (secondary N) is 2. The third-order valence-corrected chi connectivity index (χ3v) is 5.17. The predicted octanol–water partition coefficient (Wildman–Crippen LogP) is 4.36. The molecule has 0 aliphatic heterocycles. The highest BCUT2D eigenvalue weighted by atomic mass is 35.5. The molecule has 1 aromatic carbocycles. The molecular weight excluding hydrogens is 393 g/mol. The van der Waals surface area contributed by atoms with Gasteiger partial charge in [-0.15, -0.1) is 0 Å². The van der Waals surface area contributed by atoms with Crippen molar-refractivity contribution in [1.29, 1.82) is 0 Å². The lowest BCUT2D eigenvalue weighted by molar-refractivity contribution is 0.585. The lowest BCUT2D eigenvalue weighted by atomic mass is 10.1. The minimum absolute atomic E-state index is 0.235. The Kier molecular flexibility index (Phi) is 4.13. The Labute approximate surface area is 169 Å². The number of halogens is 2. The largest absolute Gasteiger partial charge is 0.344 e. The summed E-state index contributed by atoms with van der Waals surface area (Å²) in [7, 11) is 0. The first-order chi connectivity index (χ1) is 14.1. The van der Waals surface area contributed by atoms with Gasteiger partial charge in [-0.25, -0.2) is 14.4 Å². The van der Waals surface area contributed by atoms with E-state index < -0.39 is 0 Å². The highest BCUT2D eigenvalue weighted by Crippen LogP contribution is 2.29. The van der Waals surface area contributed by atoms with E-state index in [2.05, 4.69) is 25.3 Å². The van der Waals surface area contributed by atoms with Crippen molar-refractivity contribution in [3.05, 3.63) is 71.3 Å². The molecule has 2 N–H and O–H groups in total. The van der Waals surface area contributed by atoms with Gasteiger partial charge in [0.05, 0.1) is 30.8 Å². The fourth-order valence-corrected chi connectivity index (χ4v) is 3.51. The summed E-state index contributed by atoms with van der Waals surface area (Å²) >= 11 is 6.13. The topological polar surface area (TPSA) is 88.1 Å². The van der Waals surface area contributed by atoms with Crippen LogP contribution in [0.5, 0.6) is 0 Å². The summed E-state index contributed by atoms with van der Waals surface area (Å²) < 4.78 is 15.7. The number of rotatable bonds is 4. The van der Waals surface area contributed by atoms with Gasteiger partial charge < -0.3 is 4.98 Å². The number of aryl methyl sites for hydroxylation is 1. The van der Waals surface area contributed by atoms with Crippen LogP contribution < -0.4 is 0 Å². The molecule has 0 unspecified atom stereocenters. The molecule has 5 aromatic rings. The van der Waals surface area contributed by atoms with Crippen molar-refractivity contribution in [3.63, 3.8) is 0 Å². The summed E-state index contributed by atoms with van der Waals surface area (Å²) in [4.78, 5) is 12.4. The van der Waals surface area contributed by atoms with E-state index in [9.17, 15) is 4.39 Å². The monoisotopic (exact) mass is 407 g/mol. The molecule has 4 heterocycles. The molecule has 0 saturated heterocycles. The normalized spacial score (nSPS) is 11.4. The van der Waals surface area contributed by atoms with Crippen molar-refractivity contribution < 1.29 is 4.39 Å². The maximum atomic E-state index is 14.1. The average Bonchev–Trinajstić information content (AvgIpc) is 3.43. The average molecular weight is 408 g/mol. The number of aromatic amines is 2. The number of fused-ring (bicyclic) bond motifs is 1. The van der Waals surface area contributed by atoms with Crippen LogP contribution in [-0.2, 0) is 6.54 Å². The van der Waals surface area contributed by atoms with Gasteiger partial charge in [0.15, 0.2) is 5.65 Å². The van der Waals surface area contributed by atoms with E-state index in [-0.39, 0.29) is 12.4 Å². The van der Waals surface area contributed by atoms with Crippen LogP contribution in [0.15, 0.2) is 49.2 Å². The van der Waals surface area contributed by atoms with Gasteiger partial charge in [-0.1, -0.05) is 17.7 Å². The Bertz CT molecular complexity index is 1310. The van der Waals surface area contributed by atoms with Crippen molar-refractivity contribution >= 4 is 22.8 Å². The molecule has 0 spiro atoms. The number of benzene rings is 1. The Morgan fingerprint density at radius 3 is 2.86 bits per heavy atom. The molecule has 0 aliphatic carbocycles. The minimum atomic E-state index is -0.354. The second kappa shape index (κ2) is 6.82. The van der Waals surface area contributed by atoms with E-state index in [1.54, 1.807) is 35.4 Å². The van der Waals surface area contributed by atoms with Crippen LogP contribution in [0, 0.1) is 12.7 Å². The van der Waals surface area contributed by atoms with E-state index in [1.807, 2.05) is 19.3 Å². The zero-order valence-corrected chi connectivity index (χ0v) is 16.1. The molecule has 0 saturated carbocycles. The first-order valence-corrected chi connectivity index (χ1v) is 9.28. The van der Waals surface area contributed by atoms with Gasteiger partial charge in [0.25, 0.3) is 0 Å². The molecule has 4 aromatic heterocycles. The SMILES string of the molecule is Cc1[nH]ncc1-c1cnc2[nH]cc(-c3cnn(Cc4c(F)cccc4Cl)c3)c2n1. The third-order valence-electron chi connectivity index (χ3n) is 4.81. The summed E-state index contributed by atoms with van der Waals surface area (Å²) in [6, 6.07) is 4.64. The van der Waals surface area contributed by atoms with E-state index in [4.69, 9.17) is 16.6 Å². The quantitative estimate of drug-likeness (QED) is 0.463. The van der Waals surface area contributed by atoms with Crippen LogP contribution in [0.2, 0.25) is 5.02 Å². The van der Waals surface area contributed by atoms with Crippen LogP contribution in [0.4, 0.5) is 4.39 Å². The van der Waals surface area contributed by atoms with Gasteiger partial charge in [0.2, 0.25) is 0 Å². The lowest BCUT2D eigenvalue weighted by Gasteiger charge is -2.05. The summed E-state index contributed by atoms with van der Waals surface area (Å²) in [6.07, 6.45) is 8.84. The number of H-pyrrole nitrogens is 2. The van der Waals surface area contributed by atoms with Crippen molar-refractivity contribution in [2.75, 3.05) is 0 Å². The molecule has 0 fully saturated rings. The van der Waals surface area contributed by atoms with Gasteiger partial charge in [0, 0.05) is 45.4 Å². The van der Waals surface area contributed by atoms with Crippen molar-refractivity contribution in [1.82, 2.24) is 34.9 Å². The molecule has 29 heavy (non-hydrogen) atoms. The Hall–Kier alpha value is -3.52. The third kappa shape index (κ3) is 3.07. The predicted molar refractivity (Wildman–Crippen MR) is 108 cm³/mol. The first kappa shape index (κ1) is 17.6. The Morgan fingerprint density at radius 2 is 2.07 bits per heavy atom. The smallest absolute Gasteiger partial charge is 0.156 e. The van der Waals surface area contributed by atoms with E-state index >= 15 is 0 Å². The van der Waals surface area contributed by atoms with Gasteiger partial charge in [-0.05, 0) is 19.1 Å². The summed E-state index contributed by atoms with van der Waals surface area (Å²) in [6.45, 7) is 2.17. The molecule has 144 valence electrons. The Morgan fingerprint density at radius 1 is 1.17 bits per heavy atom. The van der Waals surface area contributed by atoms with E-state index in [1.165, 1.54) is 6.07 Å². The molecule has 0 amide bonds. The number of nitrogens with zero attached hydrogens (tertiary/aromatic N) is 5. The van der Waals surface area contributed by atoms with Gasteiger partial charge in [0.1, 0.15) is 11.3 Å². The summed E-state index contributed by atoms with van der Waals surface area (Å²) in [5.74, 6) is -0.354. The zero-order chi connectivity index (χ0) is 20.0. The van der Waals surface area contributed by atoms with E-state index in [0.29, 0.717) is 16.2 Å². The molecule has 9 heteroatoms. The van der Waals surface area contributed by atoms with Crippen molar-refractivity contribution in [3.8, 4) is 22.4 Å². The van der Waals surface area contributed by atoms with Crippen LogP contribution in [-0.4, -0.2) is 34.9 Å². The highest BCUT2D eigenvalue weighted by Gasteiger charge is 2.15. The van der Waals surface area contributed by atoms with Gasteiger partial charge in [-0.2, -0.15) is 10.2 Å². The fraction of sp³-hybridized carbons (Fsp3) is 0.100. The first-order valence-electron chi connectivity index (χ1n) is 8.90. The number of hydrogen-bond donors (Lipinski definition) is 2. The molecule has 0 bridgehead atoms. The van der Waals surface area contributed by atoms with Crippen molar-refractivity contribution in [2.45, 2.75) is 13.5 Å². The highest BCUT2D eigenvalue weighted by molar-refractivity contribution is 6.31. The second-order valence-electron chi connectivity index (χ2n) is 6.69. The van der Waals surface area contributed by atoms with Gasteiger partial charge >= 0.3 is 0 Å². The standard InChI is InChI=1S/C20H15ClFN7/c1-11-13(7-25-28-11)18-8-24-20-19(27-18)14(6-23-20)12-5-26-29(9-12)10-15-16(21)3-2-4-17(15)22/h2-9H,10H2,1H3,(H,23,24)(H,25,28). The maximum absolute atomic E-state index is 14.1. The van der Waals surface area contributed by atoms with Crippen LogP contribution >= 0.6 is 11.6 Å². The second-order valence-corrected chi connectivity index (χ2v) is 7.10. The summed E-state index contributed by atoms with van der Waals surface area (Å²) in [5.41, 5.74) is 6.07. The molecule has 0 atom stereocenters. The molecule has 7 nitrogen and oxygen atoms in total. The van der Waals surface area contributed by atoms with Crippen molar-refractivity contribution in [2.24, 2.45) is 0 Å². The maximum Gasteiger partial charge on any atom is 0.156 e. The minimum Gasteiger partial charge on any atom is -0.344 e. The number of aromatic nitrogens is 7. The molecule has 0 aliphatic rings. The van der Waals surface area contributed by atoms with Crippen LogP contribution in [0.3, 0.4) is 0 Å². The van der Waals surface area contributed by atoms with Crippen LogP contribution in [0.25, 0.3) is 33.5 Å². The molecule has 5 rings (SSSR count). The Balaban J connectivity index is 1.52. The van der Waals surface area contributed by atoms with E-state index in [0.717, 1.165) is 33.6 Å². The molecular formula is C20H15ClFN7.